The van der Waals surface area contributed by atoms with Crippen molar-refractivity contribution in [3.05, 3.63) is 29.6 Å². The third kappa shape index (κ3) is 2.47. The van der Waals surface area contributed by atoms with Gasteiger partial charge < -0.3 is 10.5 Å². The number of fused-ring (bicyclic) bond motifs is 1. The minimum absolute atomic E-state index is 0.233. The third-order valence-electron chi connectivity index (χ3n) is 4.14. The summed E-state index contributed by atoms with van der Waals surface area (Å²) in [5, 5.41) is 0. The first-order chi connectivity index (χ1) is 9.17. The van der Waals surface area contributed by atoms with Crippen LogP contribution in [0, 0.1) is 5.82 Å². The summed E-state index contributed by atoms with van der Waals surface area (Å²) < 4.78 is 19.1. The second-order valence-corrected chi connectivity index (χ2v) is 5.00. The van der Waals surface area contributed by atoms with Gasteiger partial charge in [0.2, 0.25) is 0 Å². The van der Waals surface area contributed by atoms with Crippen molar-refractivity contribution >= 4 is 0 Å². The van der Waals surface area contributed by atoms with Crippen molar-refractivity contribution in [2.75, 3.05) is 26.2 Å². The van der Waals surface area contributed by atoms with Crippen LogP contribution >= 0.6 is 0 Å². The molecule has 1 aliphatic heterocycles. The highest BCUT2D eigenvalue weighted by molar-refractivity contribution is 5.41. The Labute approximate surface area is 114 Å². The molecule has 1 atom stereocenters. The molecule has 0 aromatic heterocycles. The van der Waals surface area contributed by atoms with Gasteiger partial charge in [0.1, 0.15) is 11.6 Å². The summed E-state index contributed by atoms with van der Waals surface area (Å²) in [7, 11) is 0. The van der Waals surface area contributed by atoms with Gasteiger partial charge in [-0.25, -0.2) is 4.39 Å². The summed E-state index contributed by atoms with van der Waals surface area (Å²) in [5.74, 6) is 0.390. The molecular formula is C15H23FN2O. The third-order valence-corrected chi connectivity index (χ3v) is 4.14. The van der Waals surface area contributed by atoms with Crippen molar-refractivity contribution < 1.29 is 9.13 Å². The lowest BCUT2D eigenvalue weighted by atomic mass is 9.83. The van der Waals surface area contributed by atoms with E-state index in [0.29, 0.717) is 18.9 Å². The molecule has 0 bridgehead atoms. The van der Waals surface area contributed by atoms with Gasteiger partial charge in [-0.05, 0) is 32.0 Å². The largest absolute Gasteiger partial charge is 0.493 e. The Bertz CT molecular complexity index is 434. The van der Waals surface area contributed by atoms with Crippen LogP contribution in [-0.4, -0.2) is 31.1 Å². The molecule has 1 aliphatic rings. The molecule has 0 saturated carbocycles. The van der Waals surface area contributed by atoms with Gasteiger partial charge in [0.25, 0.3) is 0 Å². The Morgan fingerprint density at radius 1 is 1.37 bits per heavy atom. The fourth-order valence-electron chi connectivity index (χ4n) is 3.18. The Morgan fingerprint density at radius 3 is 2.74 bits per heavy atom. The second kappa shape index (κ2) is 5.88. The molecule has 4 heteroatoms. The summed E-state index contributed by atoms with van der Waals surface area (Å²) in [6, 6.07) is 4.82. The SMILES string of the molecule is CCN(CC)C1(CN)CCCOc2cc(F)ccc21. The first-order valence-corrected chi connectivity index (χ1v) is 7.06. The highest BCUT2D eigenvalue weighted by Gasteiger charge is 2.39. The van der Waals surface area contributed by atoms with Gasteiger partial charge in [0.15, 0.2) is 0 Å². The molecule has 3 nitrogen and oxygen atoms in total. The lowest BCUT2D eigenvalue weighted by Crippen LogP contribution is -2.51. The smallest absolute Gasteiger partial charge is 0.127 e. The molecule has 0 saturated heterocycles. The molecule has 0 spiro atoms. The van der Waals surface area contributed by atoms with Crippen LogP contribution in [0.4, 0.5) is 4.39 Å². The molecular weight excluding hydrogens is 243 g/mol. The maximum atomic E-state index is 13.4. The Morgan fingerprint density at radius 2 is 2.11 bits per heavy atom. The van der Waals surface area contributed by atoms with Gasteiger partial charge in [0.05, 0.1) is 12.1 Å². The van der Waals surface area contributed by atoms with Crippen LogP contribution in [0.25, 0.3) is 0 Å². The number of halogens is 1. The van der Waals surface area contributed by atoms with Crippen LogP contribution in [0.3, 0.4) is 0 Å². The molecule has 0 aliphatic carbocycles. The number of ether oxygens (including phenoxy) is 1. The molecule has 2 rings (SSSR count). The van der Waals surface area contributed by atoms with Crippen LogP contribution in [-0.2, 0) is 5.54 Å². The van der Waals surface area contributed by atoms with Gasteiger partial charge in [0, 0.05) is 18.2 Å². The maximum Gasteiger partial charge on any atom is 0.127 e. The molecule has 106 valence electrons. The number of nitrogens with two attached hydrogens (primary N) is 1. The van der Waals surface area contributed by atoms with Crippen molar-refractivity contribution in [1.29, 1.82) is 0 Å². The normalized spacial score (nSPS) is 22.8. The van der Waals surface area contributed by atoms with E-state index in [9.17, 15) is 4.39 Å². The molecule has 0 amide bonds. The van der Waals surface area contributed by atoms with Gasteiger partial charge in [-0.3, -0.25) is 4.90 Å². The zero-order valence-corrected chi connectivity index (χ0v) is 11.8. The molecule has 0 fully saturated rings. The molecule has 19 heavy (non-hydrogen) atoms. The highest BCUT2D eigenvalue weighted by atomic mass is 19.1. The molecule has 1 unspecified atom stereocenters. The quantitative estimate of drug-likeness (QED) is 0.910. The van der Waals surface area contributed by atoms with Crippen LogP contribution in [0.15, 0.2) is 18.2 Å². The summed E-state index contributed by atoms with van der Waals surface area (Å²) in [5.41, 5.74) is 6.91. The van der Waals surface area contributed by atoms with Crippen molar-refractivity contribution in [2.45, 2.75) is 32.2 Å². The van der Waals surface area contributed by atoms with E-state index in [-0.39, 0.29) is 11.4 Å². The van der Waals surface area contributed by atoms with Crippen molar-refractivity contribution in [3.8, 4) is 5.75 Å². The van der Waals surface area contributed by atoms with Crippen LogP contribution in [0.2, 0.25) is 0 Å². The number of nitrogens with zero attached hydrogens (tertiary/aromatic N) is 1. The van der Waals surface area contributed by atoms with E-state index in [1.807, 2.05) is 6.07 Å². The standard InChI is InChI=1S/C15H23FN2O/c1-3-18(4-2)15(11-17)8-5-9-19-14-10-12(16)6-7-13(14)15/h6-7,10H,3-5,8-9,11,17H2,1-2H3. The second-order valence-electron chi connectivity index (χ2n) is 5.00. The lowest BCUT2D eigenvalue weighted by Gasteiger charge is -2.42. The monoisotopic (exact) mass is 266 g/mol. The number of hydrogen-bond acceptors (Lipinski definition) is 3. The Kier molecular flexibility index (Phi) is 4.42. The van der Waals surface area contributed by atoms with E-state index in [1.165, 1.54) is 12.1 Å². The number of likely N-dealkylation sites (N-methyl/N-ethyl adjacent to an activating group) is 1. The first kappa shape index (κ1) is 14.3. The van der Waals surface area contributed by atoms with Crippen LogP contribution in [0.1, 0.15) is 32.3 Å². The average Bonchev–Trinajstić information content (AvgIpc) is 2.60. The number of rotatable bonds is 4. The first-order valence-electron chi connectivity index (χ1n) is 7.06. The summed E-state index contributed by atoms with van der Waals surface area (Å²) in [6.45, 7) is 7.26. The zero-order valence-electron chi connectivity index (χ0n) is 11.8. The number of hydrogen-bond donors (Lipinski definition) is 1. The summed E-state index contributed by atoms with van der Waals surface area (Å²) in [6.07, 6.45) is 1.88. The van der Waals surface area contributed by atoms with E-state index < -0.39 is 0 Å². The molecule has 2 N–H and O–H groups in total. The van der Waals surface area contributed by atoms with E-state index in [1.54, 1.807) is 0 Å². The van der Waals surface area contributed by atoms with Gasteiger partial charge >= 0.3 is 0 Å². The molecule has 0 radical (unpaired) electrons. The predicted molar refractivity (Wildman–Crippen MR) is 74.8 cm³/mol. The van der Waals surface area contributed by atoms with E-state index in [0.717, 1.165) is 31.5 Å². The maximum absolute atomic E-state index is 13.4. The summed E-state index contributed by atoms with van der Waals surface area (Å²) in [4.78, 5) is 2.36. The summed E-state index contributed by atoms with van der Waals surface area (Å²) >= 11 is 0. The lowest BCUT2D eigenvalue weighted by molar-refractivity contribution is 0.0953. The fourth-order valence-corrected chi connectivity index (χ4v) is 3.18. The minimum Gasteiger partial charge on any atom is -0.493 e. The van der Waals surface area contributed by atoms with E-state index in [2.05, 4.69) is 18.7 Å². The fraction of sp³-hybridized carbons (Fsp3) is 0.600. The van der Waals surface area contributed by atoms with Crippen LogP contribution in [0.5, 0.6) is 5.75 Å². The average molecular weight is 266 g/mol. The van der Waals surface area contributed by atoms with Gasteiger partial charge in [-0.15, -0.1) is 0 Å². The van der Waals surface area contributed by atoms with Crippen LogP contribution < -0.4 is 10.5 Å². The van der Waals surface area contributed by atoms with E-state index in [4.69, 9.17) is 10.5 Å². The van der Waals surface area contributed by atoms with E-state index >= 15 is 0 Å². The highest BCUT2D eigenvalue weighted by Crippen LogP contribution is 2.40. The number of benzene rings is 1. The predicted octanol–water partition coefficient (Wildman–Crippen LogP) is 2.49. The minimum atomic E-state index is -0.258. The van der Waals surface area contributed by atoms with Crippen molar-refractivity contribution in [1.82, 2.24) is 4.90 Å². The topological polar surface area (TPSA) is 38.5 Å². The zero-order chi connectivity index (χ0) is 13.9. The van der Waals surface area contributed by atoms with Crippen molar-refractivity contribution in [2.24, 2.45) is 5.73 Å². The molecule has 1 heterocycles. The van der Waals surface area contributed by atoms with Crippen molar-refractivity contribution in [3.63, 3.8) is 0 Å². The Hall–Kier alpha value is -1.13. The molecule has 1 aromatic rings. The van der Waals surface area contributed by atoms with Gasteiger partial charge in [-0.1, -0.05) is 19.9 Å². The molecule has 1 aromatic carbocycles. The van der Waals surface area contributed by atoms with Gasteiger partial charge in [-0.2, -0.15) is 0 Å². The Balaban J connectivity index is 2.55.